The van der Waals surface area contributed by atoms with E-state index in [-0.39, 0.29) is 24.0 Å². The van der Waals surface area contributed by atoms with Gasteiger partial charge in [-0.15, -0.1) is 24.0 Å². The quantitative estimate of drug-likeness (QED) is 0.225. The van der Waals surface area contributed by atoms with Crippen molar-refractivity contribution in [3.05, 3.63) is 29.8 Å². The average Bonchev–Trinajstić information content (AvgIpc) is 2.70. The molecule has 1 aromatic rings. The van der Waals surface area contributed by atoms with Crippen LogP contribution in [0.1, 0.15) is 38.2 Å². The minimum atomic E-state index is -3.38. The van der Waals surface area contributed by atoms with E-state index in [1.165, 1.54) is 0 Å². The third kappa shape index (κ3) is 7.84. The zero-order chi connectivity index (χ0) is 19.5. The van der Waals surface area contributed by atoms with Gasteiger partial charge in [0.15, 0.2) is 5.96 Å². The monoisotopic (exact) mass is 524 g/mol. The number of aliphatic imine (C=N–C) groups is 1. The van der Waals surface area contributed by atoms with Gasteiger partial charge in [0.2, 0.25) is 10.0 Å². The molecule has 0 aromatic heterocycles. The number of nitrogens with one attached hydrogen (secondary N) is 2. The van der Waals surface area contributed by atoms with Gasteiger partial charge in [0.05, 0.1) is 11.4 Å². The van der Waals surface area contributed by atoms with Crippen molar-refractivity contribution in [3.63, 3.8) is 0 Å². The molecule has 0 saturated carbocycles. The van der Waals surface area contributed by atoms with Crippen molar-refractivity contribution in [1.29, 1.82) is 0 Å². The van der Waals surface area contributed by atoms with Gasteiger partial charge in [0, 0.05) is 39.9 Å². The highest BCUT2D eigenvalue weighted by Crippen LogP contribution is 2.21. The third-order valence-corrected chi connectivity index (χ3v) is 6.37. The Balaban J connectivity index is 0.00000392. The van der Waals surface area contributed by atoms with Gasteiger partial charge < -0.3 is 15.4 Å². The first-order valence-electron chi connectivity index (χ1n) is 9.68. The molecular weight excluding hydrogens is 491 g/mol. The molecule has 1 heterocycles. The molecular formula is C19H33IN4O3S. The van der Waals surface area contributed by atoms with Crippen LogP contribution in [-0.4, -0.2) is 58.6 Å². The number of piperidine rings is 1. The van der Waals surface area contributed by atoms with Gasteiger partial charge in [-0.05, 0) is 43.9 Å². The number of hydrogen-bond donors (Lipinski definition) is 2. The fourth-order valence-electron chi connectivity index (χ4n) is 2.96. The van der Waals surface area contributed by atoms with E-state index in [0.717, 1.165) is 50.3 Å². The Kier molecular flexibility index (Phi) is 12.0. The number of benzene rings is 1. The summed E-state index contributed by atoms with van der Waals surface area (Å²) >= 11 is 0. The van der Waals surface area contributed by atoms with E-state index in [2.05, 4.69) is 15.6 Å². The lowest BCUT2D eigenvalue weighted by atomic mass is 10.2. The lowest BCUT2D eigenvalue weighted by Crippen LogP contribution is -2.38. The molecule has 1 fully saturated rings. The summed E-state index contributed by atoms with van der Waals surface area (Å²) in [6, 6.07) is 7.06. The summed E-state index contributed by atoms with van der Waals surface area (Å²) in [5.41, 5.74) is 0.974. The number of nitrogens with zero attached hydrogens (tertiary/aromatic N) is 2. The van der Waals surface area contributed by atoms with Crippen molar-refractivity contribution in [2.75, 3.05) is 39.9 Å². The second kappa shape index (κ2) is 13.3. The lowest BCUT2D eigenvalue weighted by Gasteiger charge is -2.25. The maximum Gasteiger partial charge on any atom is 0.243 e. The van der Waals surface area contributed by atoms with E-state index in [1.807, 2.05) is 19.1 Å². The number of hydrogen-bond acceptors (Lipinski definition) is 4. The predicted octanol–water partition coefficient (Wildman–Crippen LogP) is 2.57. The number of sulfonamides is 1. The zero-order valence-electron chi connectivity index (χ0n) is 16.8. The first kappa shape index (κ1) is 25.1. The first-order chi connectivity index (χ1) is 13.1. The van der Waals surface area contributed by atoms with Crippen LogP contribution in [0.4, 0.5) is 0 Å². The Morgan fingerprint density at radius 2 is 1.82 bits per heavy atom. The minimum absolute atomic E-state index is 0. The van der Waals surface area contributed by atoms with E-state index in [9.17, 15) is 8.42 Å². The van der Waals surface area contributed by atoms with Crippen LogP contribution in [0.3, 0.4) is 0 Å². The highest BCUT2D eigenvalue weighted by molar-refractivity contribution is 14.0. The normalized spacial score (nSPS) is 15.7. The van der Waals surface area contributed by atoms with Crippen LogP contribution in [-0.2, 0) is 21.3 Å². The molecule has 0 spiro atoms. The standard InChI is InChI=1S/C19H32N4O3S.HI/c1-3-20-19(21-12-7-15-26-2)22-16-17-8-10-18(11-9-17)27(24,25)23-13-5-4-6-14-23;/h8-11H,3-7,12-16H2,1-2H3,(H2,20,21,22);1H. The Hall–Kier alpha value is -0.910. The average molecular weight is 524 g/mol. The molecule has 28 heavy (non-hydrogen) atoms. The largest absolute Gasteiger partial charge is 0.385 e. The van der Waals surface area contributed by atoms with Crippen molar-refractivity contribution in [2.24, 2.45) is 4.99 Å². The van der Waals surface area contributed by atoms with Gasteiger partial charge in [-0.25, -0.2) is 13.4 Å². The van der Waals surface area contributed by atoms with Crippen LogP contribution in [0.5, 0.6) is 0 Å². The molecule has 1 aliphatic rings. The molecule has 1 aliphatic heterocycles. The van der Waals surface area contributed by atoms with Crippen molar-refractivity contribution in [2.45, 2.75) is 44.0 Å². The number of ether oxygens (including phenoxy) is 1. The number of guanidine groups is 1. The molecule has 0 bridgehead atoms. The van der Waals surface area contributed by atoms with Gasteiger partial charge in [-0.1, -0.05) is 18.6 Å². The second-order valence-electron chi connectivity index (χ2n) is 6.58. The number of methoxy groups -OCH3 is 1. The van der Waals surface area contributed by atoms with Crippen molar-refractivity contribution in [3.8, 4) is 0 Å². The summed E-state index contributed by atoms with van der Waals surface area (Å²) in [7, 11) is -1.69. The smallest absolute Gasteiger partial charge is 0.243 e. The molecule has 160 valence electrons. The van der Waals surface area contributed by atoms with Crippen molar-refractivity contribution >= 4 is 40.0 Å². The highest BCUT2D eigenvalue weighted by atomic mass is 127. The van der Waals surface area contributed by atoms with Gasteiger partial charge in [-0.3, -0.25) is 0 Å². The Morgan fingerprint density at radius 1 is 1.14 bits per heavy atom. The third-order valence-electron chi connectivity index (χ3n) is 4.46. The second-order valence-corrected chi connectivity index (χ2v) is 8.51. The van der Waals surface area contributed by atoms with Gasteiger partial charge in [-0.2, -0.15) is 4.31 Å². The SMILES string of the molecule is CCNC(=NCc1ccc(S(=O)(=O)N2CCCCC2)cc1)NCCCOC.I. The Labute approximate surface area is 186 Å². The summed E-state index contributed by atoms with van der Waals surface area (Å²) in [5.74, 6) is 0.749. The van der Waals surface area contributed by atoms with E-state index >= 15 is 0 Å². The summed E-state index contributed by atoms with van der Waals surface area (Å²) in [6.07, 6.45) is 3.90. The van der Waals surface area contributed by atoms with E-state index in [1.54, 1.807) is 23.5 Å². The molecule has 1 aromatic carbocycles. The van der Waals surface area contributed by atoms with Crippen LogP contribution in [0.2, 0.25) is 0 Å². The summed E-state index contributed by atoms with van der Waals surface area (Å²) in [4.78, 5) is 4.92. The molecule has 0 amide bonds. The molecule has 0 radical (unpaired) electrons. The summed E-state index contributed by atoms with van der Waals surface area (Å²) < 4.78 is 32.0. The maximum absolute atomic E-state index is 12.7. The highest BCUT2D eigenvalue weighted by Gasteiger charge is 2.25. The fourth-order valence-corrected chi connectivity index (χ4v) is 4.47. The van der Waals surface area contributed by atoms with Gasteiger partial charge in [0.25, 0.3) is 0 Å². The molecule has 1 saturated heterocycles. The van der Waals surface area contributed by atoms with Crippen LogP contribution in [0.15, 0.2) is 34.2 Å². The fraction of sp³-hybridized carbons (Fsp3) is 0.632. The maximum atomic E-state index is 12.7. The van der Waals surface area contributed by atoms with Crippen molar-refractivity contribution in [1.82, 2.24) is 14.9 Å². The first-order valence-corrected chi connectivity index (χ1v) is 11.1. The predicted molar refractivity (Wildman–Crippen MR) is 124 cm³/mol. The topological polar surface area (TPSA) is 83.0 Å². The van der Waals surface area contributed by atoms with E-state index in [0.29, 0.717) is 31.1 Å². The minimum Gasteiger partial charge on any atom is -0.385 e. The molecule has 2 rings (SSSR count). The Bertz CT molecular complexity index is 690. The lowest BCUT2D eigenvalue weighted by molar-refractivity contribution is 0.195. The van der Waals surface area contributed by atoms with Gasteiger partial charge >= 0.3 is 0 Å². The van der Waals surface area contributed by atoms with Crippen molar-refractivity contribution < 1.29 is 13.2 Å². The molecule has 7 nitrogen and oxygen atoms in total. The van der Waals surface area contributed by atoms with Crippen LogP contribution in [0.25, 0.3) is 0 Å². The van der Waals surface area contributed by atoms with Crippen LogP contribution >= 0.6 is 24.0 Å². The molecule has 9 heteroatoms. The van der Waals surface area contributed by atoms with E-state index in [4.69, 9.17) is 4.74 Å². The molecule has 0 aliphatic carbocycles. The molecule has 0 atom stereocenters. The van der Waals surface area contributed by atoms with Gasteiger partial charge in [0.1, 0.15) is 0 Å². The zero-order valence-corrected chi connectivity index (χ0v) is 20.0. The number of halogens is 1. The van der Waals surface area contributed by atoms with Crippen LogP contribution in [0, 0.1) is 0 Å². The van der Waals surface area contributed by atoms with E-state index < -0.39 is 10.0 Å². The van der Waals surface area contributed by atoms with Crippen LogP contribution < -0.4 is 10.6 Å². The summed E-state index contributed by atoms with van der Waals surface area (Å²) in [6.45, 7) is 6.02. The summed E-state index contributed by atoms with van der Waals surface area (Å²) in [5, 5.41) is 6.46. The number of rotatable bonds is 9. The molecule has 2 N–H and O–H groups in total. The molecule has 0 unspecified atom stereocenters. The Morgan fingerprint density at radius 3 is 2.43 bits per heavy atom.